The molecular weight excluding hydrogens is 404 g/mol. The summed E-state index contributed by atoms with van der Waals surface area (Å²) in [4.78, 5) is 18.7. The van der Waals surface area contributed by atoms with Crippen molar-refractivity contribution in [3.8, 4) is 5.75 Å². The third kappa shape index (κ3) is 5.01. The number of hydrogen-bond donors (Lipinski definition) is 0. The molecule has 150 valence electrons. The van der Waals surface area contributed by atoms with Crippen molar-refractivity contribution in [1.82, 2.24) is 9.88 Å². The molecule has 1 saturated heterocycles. The third-order valence-electron chi connectivity index (χ3n) is 4.35. The van der Waals surface area contributed by atoms with Gasteiger partial charge < -0.3 is 14.4 Å². The number of nitrogens with zero attached hydrogens (tertiary/aromatic N) is 2. The Labute approximate surface area is 169 Å². The van der Waals surface area contributed by atoms with Gasteiger partial charge in [0.1, 0.15) is 18.5 Å². The molecule has 7 nitrogen and oxygen atoms in total. The predicted molar refractivity (Wildman–Crippen MR) is 105 cm³/mol. The molecule has 1 aliphatic rings. The minimum Gasteiger partial charge on any atom is -0.489 e. The first-order valence-corrected chi connectivity index (χ1v) is 11.0. The molecule has 1 aromatic heterocycles. The average molecular weight is 425 g/mol. The summed E-state index contributed by atoms with van der Waals surface area (Å²) in [6, 6.07) is 7.82. The molecule has 1 aliphatic heterocycles. The molecule has 0 saturated carbocycles. The van der Waals surface area contributed by atoms with Crippen LogP contribution < -0.4 is 4.74 Å². The Morgan fingerprint density at radius 3 is 2.79 bits per heavy atom. The predicted octanol–water partition coefficient (Wildman–Crippen LogP) is 2.37. The SMILES string of the molecule is Cc1ccc(OCC2CN(C(=O)c3ccc(S(C)(=O)=O)cc3Cl)CCO2)cn1. The Balaban J connectivity index is 1.65. The second kappa shape index (κ2) is 8.46. The lowest BCUT2D eigenvalue weighted by Crippen LogP contribution is -2.47. The molecule has 3 rings (SSSR count). The number of benzene rings is 1. The van der Waals surface area contributed by atoms with Crippen LogP contribution >= 0.6 is 11.6 Å². The Hall–Kier alpha value is -2.16. The lowest BCUT2D eigenvalue weighted by Gasteiger charge is -2.33. The maximum atomic E-state index is 12.8. The fourth-order valence-corrected chi connectivity index (χ4v) is 3.78. The van der Waals surface area contributed by atoms with E-state index in [2.05, 4.69) is 4.98 Å². The molecule has 2 aromatic rings. The van der Waals surface area contributed by atoms with E-state index in [1.165, 1.54) is 18.2 Å². The lowest BCUT2D eigenvalue weighted by atomic mass is 10.1. The highest BCUT2D eigenvalue weighted by atomic mass is 35.5. The molecule has 0 bridgehead atoms. The molecule has 0 aliphatic carbocycles. The highest BCUT2D eigenvalue weighted by molar-refractivity contribution is 7.90. The number of ether oxygens (including phenoxy) is 2. The number of carbonyl (C=O) groups excluding carboxylic acids is 1. The van der Waals surface area contributed by atoms with Gasteiger partial charge in [-0.2, -0.15) is 0 Å². The molecule has 0 spiro atoms. The number of amides is 1. The van der Waals surface area contributed by atoms with Gasteiger partial charge in [-0.05, 0) is 37.3 Å². The van der Waals surface area contributed by atoms with Gasteiger partial charge in [0.05, 0.1) is 34.8 Å². The van der Waals surface area contributed by atoms with E-state index >= 15 is 0 Å². The van der Waals surface area contributed by atoms with Crippen molar-refractivity contribution in [2.45, 2.75) is 17.9 Å². The van der Waals surface area contributed by atoms with Crippen molar-refractivity contribution >= 4 is 27.3 Å². The molecule has 0 N–H and O–H groups in total. The maximum absolute atomic E-state index is 12.8. The molecule has 28 heavy (non-hydrogen) atoms. The van der Waals surface area contributed by atoms with Crippen LogP contribution in [0.4, 0.5) is 0 Å². The molecule has 1 amide bonds. The van der Waals surface area contributed by atoms with E-state index in [1.807, 2.05) is 19.1 Å². The summed E-state index contributed by atoms with van der Waals surface area (Å²) in [5.74, 6) is 0.368. The van der Waals surface area contributed by atoms with Gasteiger partial charge in [-0.3, -0.25) is 9.78 Å². The summed E-state index contributed by atoms with van der Waals surface area (Å²) in [6.07, 6.45) is 2.45. The third-order valence-corrected chi connectivity index (χ3v) is 5.77. The zero-order chi connectivity index (χ0) is 20.3. The molecular formula is C19H21ClN2O5S. The smallest absolute Gasteiger partial charge is 0.255 e. The topological polar surface area (TPSA) is 85.8 Å². The summed E-state index contributed by atoms with van der Waals surface area (Å²) in [5, 5.41) is 0.109. The molecule has 1 atom stereocenters. The fourth-order valence-electron chi connectivity index (χ4n) is 2.80. The van der Waals surface area contributed by atoms with Crippen molar-refractivity contribution in [1.29, 1.82) is 0 Å². The molecule has 0 radical (unpaired) electrons. The number of halogens is 1. The van der Waals surface area contributed by atoms with E-state index in [4.69, 9.17) is 21.1 Å². The largest absolute Gasteiger partial charge is 0.489 e. The summed E-state index contributed by atoms with van der Waals surface area (Å²) in [6.45, 7) is 3.33. The quantitative estimate of drug-likeness (QED) is 0.732. The number of rotatable bonds is 5. The monoisotopic (exact) mass is 424 g/mol. The van der Waals surface area contributed by atoms with Crippen molar-refractivity contribution < 1.29 is 22.7 Å². The van der Waals surface area contributed by atoms with E-state index in [-0.39, 0.29) is 34.1 Å². The average Bonchev–Trinajstić information content (AvgIpc) is 2.66. The Kier molecular flexibility index (Phi) is 6.22. The minimum atomic E-state index is -3.39. The van der Waals surface area contributed by atoms with Crippen molar-refractivity contribution in [2.24, 2.45) is 0 Å². The van der Waals surface area contributed by atoms with Gasteiger partial charge in [0.15, 0.2) is 9.84 Å². The van der Waals surface area contributed by atoms with E-state index in [0.717, 1.165) is 11.9 Å². The van der Waals surface area contributed by atoms with Gasteiger partial charge in [0.25, 0.3) is 5.91 Å². The van der Waals surface area contributed by atoms with Crippen molar-refractivity contribution in [2.75, 3.05) is 32.6 Å². The van der Waals surface area contributed by atoms with Crippen LogP contribution in [0.5, 0.6) is 5.75 Å². The second-order valence-electron chi connectivity index (χ2n) is 6.60. The second-order valence-corrected chi connectivity index (χ2v) is 9.03. The number of carbonyl (C=O) groups is 1. The summed E-state index contributed by atoms with van der Waals surface area (Å²) in [5.41, 5.74) is 1.16. The Bertz CT molecular complexity index is 963. The van der Waals surface area contributed by atoms with Crippen LogP contribution in [-0.2, 0) is 14.6 Å². The summed E-state index contributed by atoms with van der Waals surface area (Å²) >= 11 is 6.17. The van der Waals surface area contributed by atoms with Crippen LogP contribution in [0.1, 0.15) is 16.1 Å². The molecule has 1 fully saturated rings. The van der Waals surface area contributed by atoms with Crippen molar-refractivity contribution in [3.05, 3.63) is 52.8 Å². The van der Waals surface area contributed by atoms with Gasteiger partial charge >= 0.3 is 0 Å². The van der Waals surface area contributed by atoms with E-state index in [9.17, 15) is 13.2 Å². The zero-order valence-corrected chi connectivity index (χ0v) is 17.2. The van der Waals surface area contributed by atoms with Gasteiger partial charge in [-0.15, -0.1) is 0 Å². The highest BCUT2D eigenvalue weighted by Gasteiger charge is 2.27. The maximum Gasteiger partial charge on any atom is 0.255 e. The summed E-state index contributed by atoms with van der Waals surface area (Å²) < 4.78 is 34.6. The van der Waals surface area contributed by atoms with Crippen LogP contribution in [0, 0.1) is 6.92 Å². The number of hydrogen-bond acceptors (Lipinski definition) is 6. The molecule has 1 aromatic carbocycles. The number of aryl methyl sites for hydroxylation is 1. The fraction of sp³-hybridized carbons (Fsp3) is 0.368. The van der Waals surface area contributed by atoms with Crippen LogP contribution in [0.25, 0.3) is 0 Å². The zero-order valence-electron chi connectivity index (χ0n) is 15.6. The first kappa shape index (κ1) is 20.6. The van der Waals surface area contributed by atoms with Crippen LogP contribution in [0.3, 0.4) is 0 Å². The van der Waals surface area contributed by atoms with E-state index in [1.54, 1.807) is 11.1 Å². The molecule has 9 heteroatoms. The number of aromatic nitrogens is 1. The van der Waals surface area contributed by atoms with Gasteiger partial charge in [-0.1, -0.05) is 11.6 Å². The molecule has 2 heterocycles. The Morgan fingerprint density at radius 2 is 2.14 bits per heavy atom. The van der Waals surface area contributed by atoms with Gasteiger partial charge in [0.2, 0.25) is 0 Å². The minimum absolute atomic E-state index is 0.0778. The standard InChI is InChI=1S/C19H21ClN2O5S/c1-13-3-4-14(10-21-13)27-12-15-11-22(7-8-26-15)19(23)17-6-5-16(9-18(17)20)28(2,24)25/h3-6,9-10,15H,7-8,11-12H2,1-2H3. The first-order valence-electron chi connectivity index (χ1n) is 8.70. The van der Waals surface area contributed by atoms with Crippen molar-refractivity contribution in [3.63, 3.8) is 0 Å². The first-order chi connectivity index (χ1) is 13.2. The lowest BCUT2D eigenvalue weighted by molar-refractivity contribution is -0.0401. The van der Waals surface area contributed by atoms with E-state index in [0.29, 0.717) is 25.4 Å². The summed E-state index contributed by atoms with van der Waals surface area (Å²) in [7, 11) is -3.39. The highest BCUT2D eigenvalue weighted by Crippen LogP contribution is 2.23. The van der Waals surface area contributed by atoms with Crippen LogP contribution in [0.15, 0.2) is 41.4 Å². The normalized spacial score (nSPS) is 17.4. The van der Waals surface area contributed by atoms with E-state index < -0.39 is 9.84 Å². The number of sulfone groups is 1. The van der Waals surface area contributed by atoms with Crippen LogP contribution in [0.2, 0.25) is 5.02 Å². The van der Waals surface area contributed by atoms with Crippen LogP contribution in [-0.4, -0.2) is 62.9 Å². The van der Waals surface area contributed by atoms with Gasteiger partial charge in [0, 0.05) is 18.5 Å². The number of morpholine rings is 1. The van der Waals surface area contributed by atoms with Gasteiger partial charge in [-0.25, -0.2) is 8.42 Å². The number of pyridine rings is 1. The molecule has 1 unspecified atom stereocenters. The Morgan fingerprint density at radius 1 is 1.36 bits per heavy atom.